The summed E-state index contributed by atoms with van der Waals surface area (Å²) in [5.41, 5.74) is 12.6. The van der Waals surface area contributed by atoms with E-state index < -0.39 is 53.4 Å². The molecule has 1 aromatic carbocycles. The van der Waals surface area contributed by atoms with Gasteiger partial charge < -0.3 is 43.2 Å². The Balaban J connectivity index is 1.61. The van der Waals surface area contributed by atoms with Crippen LogP contribution < -0.4 is 38.1 Å². The first-order valence-electron chi connectivity index (χ1n) is 19.6. The van der Waals surface area contributed by atoms with Crippen molar-refractivity contribution in [2.45, 2.75) is 142 Å². The number of nitrogen functional groups attached to an aromatic ring is 1. The molecule has 1 aromatic heterocycles. The Hall–Kier alpha value is -4.63. The van der Waals surface area contributed by atoms with Gasteiger partial charge in [0.25, 0.3) is 0 Å². The van der Waals surface area contributed by atoms with Gasteiger partial charge in [-0.2, -0.15) is 0 Å². The first-order valence-corrected chi connectivity index (χ1v) is 19.6. The van der Waals surface area contributed by atoms with Crippen molar-refractivity contribution in [1.29, 1.82) is 0 Å². The molecule has 1 heterocycles. The Morgan fingerprint density at radius 1 is 0.945 bits per heavy atom. The van der Waals surface area contributed by atoms with Crippen molar-refractivity contribution in [3.63, 3.8) is 0 Å². The van der Waals surface area contributed by atoms with Crippen LogP contribution >= 0.6 is 0 Å². The quantitative estimate of drug-likeness (QED) is 0.0920. The van der Waals surface area contributed by atoms with Gasteiger partial charge in [-0.25, -0.2) is 9.97 Å². The summed E-state index contributed by atoms with van der Waals surface area (Å²) >= 11 is 0. The third kappa shape index (κ3) is 16.3. The van der Waals surface area contributed by atoms with E-state index in [4.69, 9.17) is 11.5 Å². The molecule has 0 radical (unpaired) electrons. The van der Waals surface area contributed by atoms with Crippen LogP contribution in [0.2, 0.25) is 0 Å². The SMILES string of the molecule is CC[C@H](C)[C@H](NC(=O)C[C@H](O)[C@H](CC1CCCCC1)NC(=O)CCNC(=O)[C@@H](Cc1ccccc1)NC(=O)CC(C)(C)N)C(=O)NCc1cnc(C)nc1N. The number of anilines is 1. The summed E-state index contributed by atoms with van der Waals surface area (Å²) in [6, 6.07) is 6.82. The number of benzene rings is 1. The third-order valence-corrected chi connectivity index (χ3v) is 10.0. The Bertz CT molecular complexity index is 1560. The molecular formula is C40H63N9O6. The number of aliphatic hydroxyl groups excluding tert-OH is 1. The molecule has 1 saturated carbocycles. The molecule has 15 nitrogen and oxygen atoms in total. The summed E-state index contributed by atoms with van der Waals surface area (Å²) in [6.07, 6.45) is 6.48. The lowest BCUT2D eigenvalue weighted by Crippen LogP contribution is -2.52. The van der Waals surface area contributed by atoms with Crippen molar-refractivity contribution in [2.75, 3.05) is 12.3 Å². The van der Waals surface area contributed by atoms with Crippen LogP contribution in [0, 0.1) is 18.8 Å². The molecule has 0 bridgehead atoms. The van der Waals surface area contributed by atoms with Crippen molar-refractivity contribution in [1.82, 2.24) is 36.6 Å². The fourth-order valence-corrected chi connectivity index (χ4v) is 6.72. The van der Waals surface area contributed by atoms with Gasteiger partial charge in [-0.15, -0.1) is 0 Å². The van der Waals surface area contributed by atoms with Crippen LogP contribution in [0.4, 0.5) is 5.82 Å². The highest BCUT2D eigenvalue weighted by Gasteiger charge is 2.31. The molecule has 10 N–H and O–H groups in total. The summed E-state index contributed by atoms with van der Waals surface area (Å²) in [7, 11) is 0. The smallest absolute Gasteiger partial charge is 0.243 e. The molecule has 1 fully saturated rings. The number of hydrogen-bond acceptors (Lipinski definition) is 10. The van der Waals surface area contributed by atoms with E-state index in [0.29, 0.717) is 24.2 Å². The van der Waals surface area contributed by atoms with E-state index in [1.54, 1.807) is 27.0 Å². The average molecular weight is 766 g/mol. The number of carbonyl (C=O) groups is 5. The Kier molecular flexibility index (Phi) is 18.0. The van der Waals surface area contributed by atoms with Crippen molar-refractivity contribution in [3.8, 4) is 0 Å². The minimum absolute atomic E-state index is 0.00694. The van der Waals surface area contributed by atoms with Crippen LogP contribution in [0.15, 0.2) is 36.5 Å². The van der Waals surface area contributed by atoms with E-state index in [2.05, 4.69) is 36.6 Å². The second-order valence-electron chi connectivity index (χ2n) is 15.7. The van der Waals surface area contributed by atoms with Crippen molar-refractivity contribution in [3.05, 3.63) is 53.5 Å². The largest absolute Gasteiger partial charge is 0.390 e. The molecule has 5 atom stereocenters. The van der Waals surface area contributed by atoms with Crippen LogP contribution in [-0.2, 0) is 36.9 Å². The van der Waals surface area contributed by atoms with Gasteiger partial charge in [0.05, 0.1) is 18.6 Å². The highest BCUT2D eigenvalue weighted by atomic mass is 16.3. The summed E-state index contributed by atoms with van der Waals surface area (Å²) in [6.45, 7) is 9.02. The minimum Gasteiger partial charge on any atom is -0.390 e. The highest BCUT2D eigenvalue weighted by Crippen LogP contribution is 2.28. The molecule has 304 valence electrons. The number of aromatic nitrogens is 2. The standard InChI is InChI=1S/C40H63N9O6/c1-6-25(2)36(39(55)45-24-29-23-44-26(3)46-37(29)41)49-34(52)21-32(50)30(19-27-13-9-7-10-14-27)47-33(51)17-18-43-38(54)31(20-28-15-11-8-12-16-28)48-35(53)22-40(4,5)42/h8,11-12,15-16,23,25,27,30-32,36,50H,6-7,9-10,13-14,17-22,24,42H2,1-5H3,(H,43,54)(H,45,55)(H,47,51)(H,48,53)(H,49,52)(H2,41,44,46)/t25-,30-,31+,32-,36-/m0/s1. The second-order valence-corrected chi connectivity index (χ2v) is 15.7. The minimum atomic E-state index is -1.22. The van der Waals surface area contributed by atoms with E-state index in [1.165, 1.54) is 0 Å². The third-order valence-electron chi connectivity index (χ3n) is 10.0. The lowest BCUT2D eigenvalue weighted by Gasteiger charge is -2.30. The maximum Gasteiger partial charge on any atom is 0.243 e. The van der Waals surface area contributed by atoms with Gasteiger partial charge in [0.1, 0.15) is 23.7 Å². The van der Waals surface area contributed by atoms with E-state index in [9.17, 15) is 29.1 Å². The monoisotopic (exact) mass is 765 g/mol. The number of nitrogens with one attached hydrogen (secondary N) is 5. The van der Waals surface area contributed by atoms with Crippen molar-refractivity contribution in [2.24, 2.45) is 17.6 Å². The number of hydrogen-bond donors (Lipinski definition) is 8. The molecule has 5 amide bonds. The Morgan fingerprint density at radius 2 is 1.64 bits per heavy atom. The molecule has 3 rings (SSSR count). The molecule has 15 heteroatoms. The molecule has 2 aromatic rings. The zero-order chi connectivity index (χ0) is 40.5. The number of nitrogens with zero attached hydrogens (tertiary/aromatic N) is 2. The molecule has 0 unspecified atom stereocenters. The lowest BCUT2D eigenvalue weighted by atomic mass is 9.83. The van der Waals surface area contributed by atoms with Crippen LogP contribution in [0.1, 0.15) is 109 Å². The van der Waals surface area contributed by atoms with E-state index in [1.807, 2.05) is 44.2 Å². The number of aryl methyl sites for hydroxylation is 1. The summed E-state index contributed by atoms with van der Waals surface area (Å²) < 4.78 is 0. The molecule has 55 heavy (non-hydrogen) atoms. The molecule has 0 saturated heterocycles. The van der Waals surface area contributed by atoms with Crippen LogP contribution in [0.5, 0.6) is 0 Å². The maximum absolute atomic E-state index is 13.3. The van der Waals surface area contributed by atoms with Gasteiger partial charge >= 0.3 is 0 Å². The second kappa shape index (κ2) is 22.1. The predicted octanol–water partition coefficient (Wildman–Crippen LogP) is 2.08. The topological polar surface area (TPSA) is 244 Å². The van der Waals surface area contributed by atoms with E-state index in [-0.39, 0.29) is 62.3 Å². The normalized spacial score (nSPS) is 16.1. The van der Waals surface area contributed by atoms with Gasteiger partial charge in [0.15, 0.2) is 0 Å². The molecule has 1 aliphatic carbocycles. The van der Waals surface area contributed by atoms with Gasteiger partial charge in [-0.1, -0.05) is 82.7 Å². The fourth-order valence-electron chi connectivity index (χ4n) is 6.72. The molecule has 1 aliphatic rings. The predicted molar refractivity (Wildman–Crippen MR) is 211 cm³/mol. The first-order chi connectivity index (χ1) is 26.0. The molecular weight excluding hydrogens is 702 g/mol. The van der Waals surface area contributed by atoms with Gasteiger partial charge in [0, 0.05) is 49.7 Å². The zero-order valence-electron chi connectivity index (χ0n) is 33.2. The Morgan fingerprint density at radius 3 is 2.27 bits per heavy atom. The molecule has 0 aliphatic heterocycles. The first kappa shape index (κ1) is 44.8. The van der Waals surface area contributed by atoms with Crippen LogP contribution in [0.25, 0.3) is 0 Å². The fraction of sp³-hybridized carbons (Fsp3) is 0.625. The average Bonchev–Trinajstić information content (AvgIpc) is 3.12. The van der Waals surface area contributed by atoms with Crippen LogP contribution in [0.3, 0.4) is 0 Å². The maximum atomic E-state index is 13.3. The number of rotatable bonds is 21. The Labute approximate surface area is 325 Å². The number of nitrogens with two attached hydrogens (primary N) is 2. The summed E-state index contributed by atoms with van der Waals surface area (Å²) in [5, 5.41) is 25.5. The zero-order valence-corrected chi connectivity index (χ0v) is 33.2. The van der Waals surface area contributed by atoms with Crippen molar-refractivity contribution < 1.29 is 29.1 Å². The number of amides is 5. The summed E-state index contributed by atoms with van der Waals surface area (Å²) in [5.74, 6) is -1.29. The van der Waals surface area contributed by atoms with Gasteiger partial charge in [-0.05, 0) is 44.6 Å². The number of carbonyl (C=O) groups excluding carboxylic acids is 5. The number of aliphatic hydroxyl groups is 1. The van der Waals surface area contributed by atoms with Crippen LogP contribution in [-0.4, -0.2) is 80.9 Å². The van der Waals surface area contributed by atoms with Gasteiger partial charge in [0.2, 0.25) is 29.5 Å². The lowest BCUT2D eigenvalue weighted by molar-refractivity contribution is -0.132. The van der Waals surface area contributed by atoms with E-state index in [0.717, 1.165) is 37.7 Å². The highest BCUT2D eigenvalue weighted by molar-refractivity contribution is 5.89. The van der Waals surface area contributed by atoms with Gasteiger partial charge in [-0.3, -0.25) is 24.0 Å². The van der Waals surface area contributed by atoms with E-state index >= 15 is 0 Å². The summed E-state index contributed by atoms with van der Waals surface area (Å²) in [4.78, 5) is 74.1. The van der Waals surface area contributed by atoms with Crippen molar-refractivity contribution >= 4 is 35.4 Å². The molecule has 0 spiro atoms.